The van der Waals surface area contributed by atoms with Gasteiger partial charge in [-0.3, -0.25) is 0 Å². The number of nitrogens with two attached hydrogens (primary N) is 1. The van der Waals surface area contributed by atoms with Crippen molar-refractivity contribution >= 4 is 0 Å². The molecule has 1 unspecified atom stereocenters. The zero-order valence-corrected chi connectivity index (χ0v) is 10.7. The summed E-state index contributed by atoms with van der Waals surface area (Å²) in [7, 11) is 1.66. The highest BCUT2D eigenvalue weighted by Gasteiger charge is 2.09. The van der Waals surface area contributed by atoms with Crippen LogP contribution in [0.3, 0.4) is 0 Å². The molecule has 0 bridgehead atoms. The van der Waals surface area contributed by atoms with Crippen LogP contribution in [-0.2, 0) is 12.8 Å². The van der Waals surface area contributed by atoms with Crippen LogP contribution in [0.2, 0.25) is 0 Å². The molecular formula is C14H18N2O2. The molecule has 0 aliphatic carbocycles. The van der Waals surface area contributed by atoms with Crippen molar-refractivity contribution < 1.29 is 9.15 Å². The minimum absolute atomic E-state index is 0.0919. The quantitative estimate of drug-likeness (QED) is 0.878. The van der Waals surface area contributed by atoms with Gasteiger partial charge in [0.25, 0.3) is 0 Å². The molecule has 4 heteroatoms. The minimum Gasteiger partial charge on any atom is -0.496 e. The Kier molecular flexibility index (Phi) is 3.99. The molecule has 0 saturated carbocycles. The first-order chi connectivity index (χ1) is 8.69. The van der Waals surface area contributed by atoms with E-state index < -0.39 is 0 Å². The molecule has 4 nitrogen and oxygen atoms in total. The molecule has 0 amide bonds. The molecule has 2 rings (SSSR count). The number of ether oxygens (including phenoxy) is 1. The SMILES string of the molecule is COc1ccccc1Cc1nc(CC(C)N)co1. The molecule has 1 heterocycles. The summed E-state index contributed by atoms with van der Waals surface area (Å²) in [6.45, 7) is 1.95. The predicted molar refractivity (Wildman–Crippen MR) is 69.7 cm³/mol. The molecule has 18 heavy (non-hydrogen) atoms. The molecule has 0 radical (unpaired) electrons. The van der Waals surface area contributed by atoms with Crippen LogP contribution in [0.5, 0.6) is 5.75 Å². The Morgan fingerprint density at radius 1 is 1.39 bits per heavy atom. The number of hydrogen-bond donors (Lipinski definition) is 1. The average Bonchev–Trinajstić information content (AvgIpc) is 2.76. The summed E-state index contributed by atoms with van der Waals surface area (Å²) in [5.41, 5.74) is 7.69. The number of nitrogens with zero attached hydrogens (tertiary/aromatic N) is 1. The smallest absolute Gasteiger partial charge is 0.198 e. The van der Waals surface area contributed by atoms with Gasteiger partial charge in [-0.15, -0.1) is 0 Å². The summed E-state index contributed by atoms with van der Waals surface area (Å²) in [5, 5.41) is 0. The van der Waals surface area contributed by atoms with Gasteiger partial charge in [0, 0.05) is 18.0 Å². The molecule has 1 aromatic carbocycles. The van der Waals surface area contributed by atoms with Crippen LogP contribution >= 0.6 is 0 Å². The van der Waals surface area contributed by atoms with Crippen LogP contribution in [0, 0.1) is 0 Å². The number of methoxy groups -OCH3 is 1. The van der Waals surface area contributed by atoms with Gasteiger partial charge in [-0.25, -0.2) is 4.98 Å². The maximum absolute atomic E-state index is 5.73. The van der Waals surface area contributed by atoms with Crippen LogP contribution in [-0.4, -0.2) is 18.1 Å². The second-order valence-electron chi connectivity index (χ2n) is 4.40. The molecule has 0 aliphatic heterocycles. The Morgan fingerprint density at radius 3 is 2.89 bits per heavy atom. The topological polar surface area (TPSA) is 61.3 Å². The maximum atomic E-state index is 5.73. The van der Waals surface area contributed by atoms with Crippen LogP contribution in [0.25, 0.3) is 0 Å². The van der Waals surface area contributed by atoms with E-state index in [1.807, 2.05) is 31.2 Å². The van der Waals surface area contributed by atoms with Crippen molar-refractivity contribution in [3.8, 4) is 5.75 Å². The third-order valence-electron chi connectivity index (χ3n) is 2.66. The monoisotopic (exact) mass is 246 g/mol. The maximum Gasteiger partial charge on any atom is 0.198 e. The lowest BCUT2D eigenvalue weighted by molar-refractivity contribution is 0.408. The van der Waals surface area contributed by atoms with E-state index in [0.717, 1.165) is 23.4 Å². The molecule has 1 atom stereocenters. The van der Waals surface area contributed by atoms with Crippen molar-refractivity contribution in [1.29, 1.82) is 0 Å². The molecule has 0 saturated heterocycles. The lowest BCUT2D eigenvalue weighted by Gasteiger charge is -2.05. The lowest BCUT2D eigenvalue weighted by atomic mass is 10.1. The number of aromatic nitrogens is 1. The zero-order chi connectivity index (χ0) is 13.0. The van der Waals surface area contributed by atoms with Crippen LogP contribution in [0.4, 0.5) is 0 Å². The van der Waals surface area contributed by atoms with Crippen LogP contribution in [0.15, 0.2) is 34.9 Å². The largest absolute Gasteiger partial charge is 0.496 e. The fourth-order valence-electron chi connectivity index (χ4n) is 1.87. The van der Waals surface area contributed by atoms with Crippen molar-refractivity contribution in [2.45, 2.75) is 25.8 Å². The van der Waals surface area contributed by atoms with E-state index in [-0.39, 0.29) is 6.04 Å². The second kappa shape index (κ2) is 5.69. The Bertz CT molecular complexity index is 506. The van der Waals surface area contributed by atoms with E-state index in [1.54, 1.807) is 13.4 Å². The molecule has 2 N–H and O–H groups in total. The number of oxazole rings is 1. The van der Waals surface area contributed by atoms with Crippen LogP contribution in [0.1, 0.15) is 24.1 Å². The van der Waals surface area contributed by atoms with Crippen molar-refractivity contribution in [2.24, 2.45) is 5.73 Å². The number of rotatable bonds is 5. The Morgan fingerprint density at radius 2 is 2.17 bits per heavy atom. The van der Waals surface area contributed by atoms with E-state index in [9.17, 15) is 0 Å². The van der Waals surface area contributed by atoms with E-state index in [2.05, 4.69) is 4.98 Å². The van der Waals surface area contributed by atoms with Gasteiger partial charge in [0.05, 0.1) is 19.2 Å². The molecule has 1 aromatic heterocycles. The molecular weight excluding hydrogens is 228 g/mol. The van der Waals surface area contributed by atoms with Crippen LogP contribution < -0.4 is 10.5 Å². The Hall–Kier alpha value is -1.81. The molecule has 0 fully saturated rings. The van der Waals surface area contributed by atoms with Crippen molar-refractivity contribution in [3.63, 3.8) is 0 Å². The van der Waals surface area contributed by atoms with Crippen molar-refractivity contribution in [1.82, 2.24) is 4.98 Å². The average molecular weight is 246 g/mol. The number of benzene rings is 1. The van der Waals surface area contributed by atoms with Gasteiger partial charge >= 0.3 is 0 Å². The summed E-state index contributed by atoms with van der Waals surface area (Å²) >= 11 is 0. The fourth-order valence-corrected chi connectivity index (χ4v) is 1.87. The van der Waals surface area contributed by atoms with Gasteiger partial charge in [-0.05, 0) is 13.0 Å². The molecule has 2 aromatic rings. The number of hydrogen-bond acceptors (Lipinski definition) is 4. The first-order valence-electron chi connectivity index (χ1n) is 6.00. The summed E-state index contributed by atoms with van der Waals surface area (Å²) in [5.74, 6) is 1.54. The van der Waals surface area contributed by atoms with Gasteiger partial charge in [0.1, 0.15) is 12.0 Å². The minimum atomic E-state index is 0.0919. The molecule has 96 valence electrons. The zero-order valence-electron chi connectivity index (χ0n) is 10.7. The van der Waals surface area contributed by atoms with Gasteiger partial charge in [-0.1, -0.05) is 18.2 Å². The van der Waals surface area contributed by atoms with E-state index >= 15 is 0 Å². The third-order valence-corrected chi connectivity index (χ3v) is 2.66. The highest BCUT2D eigenvalue weighted by molar-refractivity contribution is 5.35. The normalized spacial score (nSPS) is 12.4. The van der Waals surface area contributed by atoms with Gasteiger partial charge in [0.2, 0.25) is 0 Å². The predicted octanol–water partition coefficient (Wildman–Crippen LogP) is 2.16. The Labute approximate surface area is 107 Å². The van der Waals surface area contributed by atoms with Crippen molar-refractivity contribution in [2.75, 3.05) is 7.11 Å². The number of para-hydroxylation sites is 1. The van der Waals surface area contributed by atoms with Gasteiger partial charge < -0.3 is 14.9 Å². The summed E-state index contributed by atoms with van der Waals surface area (Å²) in [4.78, 5) is 4.42. The van der Waals surface area contributed by atoms with Gasteiger partial charge in [-0.2, -0.15) is 0 Å². The summed E-state index contributed by atoms with van der Waals surface area (Å²) in [6, 6.07) is 7.95. The second-order valence-corrected chi connectivity index (χ2v) is 4.40. The van der Waals surface area contributed by atoms with Crippen molar-refractivity contribution in [3.05, 3.63) is 47.7 Å². The lowest BCUT2D eigenvalue weighted by Crippen LogP contribution is -2.17. The summed E-state index contributed by atoms with van der Waals surface area (Å²) in [6.07, 6.45) is 3.03. The van der Waals surface area contributed by atoms with E-state index in [0.29, 0.717) is 12.3 Å². The van der Waals surface area contributed by atoms with E-state index in [4.69, 9.17) is 14.9 Å². The summed E-state index contributed by atoms with van der Waals surface area (Å²) < 4.78 is 10.7. The fraction of sp³-hybridized carbons (Fsp3) is 0.357. The molecule has 0 spiro atoms. The van der Waals surface area contributed by atoms with Gasteiger partial charge in [0.15, 0.2) is 5.89 Å². The Balaban J connectivity index is 2.11. The highest BCUT2D eigenvalue weighted by Crippen LogP contribution is 2.20. The highest BCUT2D eigenvalue weighted by atomic mass is 16.5. The third kappa shape index (κ3) is 3.11. The first kappa shape index (κ1) is 12.6. The molecule has 0 aliphatic rings. The van der Waals surface area contributed by atoms with E-state index in [1.165, 1.54) is 0 Å². The standard InChI is InChI=1S/C14H18N2O2/c1-10(15)7-12-9-18-14(16-12)8-11-5-3-4-6-13(11)17-2/h3-6,9-10H,7-8,15H2,1-2H3. The first-order valence-corrected chi connectivity index (χ1v) is 6.00.